The Hall–Kier alpha value is -4.06. The SMILES string of the molecule is CC1(C)CC(=O)C2=C(C1)Nc1cc(C(=O)c3ccccc3)ccc1N[C@@H]2c1ccc2c(c1)OCO2. The van der Waals surface area contributed by atoms with Gasteiger partial charge in [-0.3, -0.25) is 9.59 Å². The summed E-state index contributed by atoms with van der Waals surface area (Å²) in [6.07, 6.45) is 1.21. The first-order chi connectivity index (χ1) is 16.9. The Bertz CT molecular complexity index is 1390. The van der Waals surface area contributed by atoms with Crippen molar-refractivity contribution in [1.82, 2.24) is 0 Å². The number of allylic oxidation sites excluding steroid dienone is 1. The average Bonchev–Trinajstić information content (AvgIpc) is 3.24. The van der Waals surface area contributed by atoms with Crippen molar-refractivity contribution in [2.75, 3.05) is 17.4 Å². The summed E-state index contributed by atoms with van der Waals surface area (Å²) in [7, 11) is 0. The van der Waals surface area contributed by atoms with Crippen LogP contribution in [0.3, 0.4) is 0 Å². The number of hydrogen-bond acceptors (Lipinski definition) is 6. The van der Waals surface area contributed by atoms with Gasteiger partial charge < -0.3 is 20.1 Å². The molecular weight excluding hydrogens is 440 g/mol. The quantitative estimate of drug-likeness (QED) is 0.470. The zero-order chi connectivity index (χ0) is 24.2. The van der Waals surface area contributed by atoms with Crippen LogP contribution < -0.4 is 20.1 Å². The van der Waals surface area contributed by atoms with Crippen molar-refractivity contribution in [3.8, 4) is 11.5 Å². The lowest BCUT2D eigenvalue weighted by molar-refractivity contribution is -0.118. The molecule has 0 spiro atoms. The third kappa shape index (κ3) is 3.85. The number of nitrogens with one attached hydrogen (secondary N) is 2. The Kier molecular flexibility index (Phi) is 4.92. The van der Waals surface area contributed by atoms with Gasteiger partial charge in [0.25, 0.3) is 0 Å². The highest BCUT2D eigenvalue weighted by atomic mass is 16.7. The molecule has 3 aromatic rings. The highest BCUT2D eigenvalue weighted by molar-refractivity contribution is 6.10. The molecule has 3 aromatic carbocycles. The molecular formula is C29H26N2O4. The summed E-state index contributed by atoms with van der Waals surface area (Å²) >= 11 is 0. The van der Waals surface area contributed by atoms with Gasteiger partial charge in [-0.25, -0.2) is 0 Å². The number of anilines is 2. The van der Waals surface area contributed by atoms with Crippen molar-refractivity contribution in [1.29, 1.82) is 0 Å². The van der Waals surface area contributed by atoms with Crippen LogP contribution in [0.1, 0.15) is 54.2 Å². The smallest absolute Gasteiger partial charge is 0.231 e. The fourth-order valence-corrected chi connectivity index (χ4v) is 5.19. The normalized spacial score (nSPS) is 19.7. The molecule has 1 aliphatic carbocycles. The van der Waals surface area contributed by atoms with Gasteiger partial charge >= 0.3 is 0 Å². The summed E-state index contributed by atoms with van der Waals surface area (Å²) in [5, 5.41) is 7.12. The lowest BCUT2D eigenvalue weighted by atomic mass is 9.73. The van der Waals surface area contributed by atoms with Gasteiger partial charge in [-0.15, -0.1) is 0 Å². The van der Waals surface area contributed by atoms with Gasteiger partial charge in [-0.05, 0) is 47.7 Å². The first-order valence-corrected chi connectivity index (χ1v) is 11.8. The predicted octanol–water partition coefficient (Wildman–Crippen LogP) is 5.87. The second-order valence-electron chi connectivity index (χ2n) is 10.1. The summed E-state index contributed by atoms with van der Waals surface area (Å²) in [4.78, 5) is 26.6. The zero-order valence-electron chi connectivity index (χ0n) is 19.7. The molecule has 0 saturated carbocycles. The molecule has 0 fully saturated rings. The van der Waals surface area contributed by atoms with Crippen LogP contribution in [-0.2, 0) is 4.79 Å². The van der Waals surface area contributed by atoms with Gasteiger partial charge in [0.2, 0.25) is 6.79 Å². The molecule has 2 heterocycles. The van der Waals surface area contributed by atoms with Crippen molar-refractivity contribution >= 4 is 22.9 Å². The maximum absolute atomic E-state index is 13.5. The minimum Gasteiger partial charge on any atom is -0.454 e. The number of ketones is 2. The topological polar surface area (TPSA) is 76.7 Å². The van der Waals surface area contributed by atoms with E-state index in [1.807, 2.05) is 66.7 Å². The fourth-order valence-electron chi connectivity index (χ4n) is 5.19. The molecule has 0 amide bonds. The Morgan fingerprint density at radius 2 is 1.69 bits per heavy atom. The summed E-state index contributed by atoms with van der Waals surface area (Å²) in [5.74, 6) is 1.46. The Balaban J connectivity index is 1.45. The second-order valence-corrected chi connectivity index (χ2v) is 10.1. The molecule has 6 nitrogen and oxygen atoms in total. The van der Waals surface area contributed by atoms with Gasteiger partial charge in [0, 0.05) is 28.8 Å². The molecule has 2 aliphatic heterocycles. The van der Waals surface area contributed by atoms with Crippen LogP contribution in [0, 0.1) is 5.41 Å². The van der Waals surface area contributed by atoms with Crippen LogP contribution in [0.5, 0.6) is 11.5 Å². The van der Waals surface area contributed by atoms with E-state index in [4.69, 9.17) is 9.47 Å². The van der Waals surface area contributed by atoms with Crippen LogP contribution in [0.15, 0.2) is 78.0 Å². The van der Waals surface area contributed by atoms with E-state index in [0.29, 0.717) is 29.0 Å². The predicted molar refractivity (Wildman–Crippen MR) is 134 cm³/mol. The third-order valence-corrected chi connectivity index (χ3v) is 6.84. The largest absolute Gasteiger partial charge is 0.454 e. The van der Waals surface area contributed by atoms with E-state index < -0.39 is 0 Å². The minimum atomic E-state index is -0.354. The van der Waals surface area contributed by atoms with Gasteiger partial charge in [0.05, 0.1) is 17.4 Å². The van der Waals surface area contributed by atoms with E-state index in [1.54, 1.807) is 0 Å². The molecule has 176 valence electrons. The van der Waals surface area contributed by atoms with Gasteiger partial charge in [0.15, 0.2) is 23.1 Å². The number of carbonyl (C=O) groups excluding carboxylic acids is 2. The highest BCUT2D eigenvalue weighted by Crippen LogP contribution is 2.47. The number of Topliss-reactive ketones (excluding diaryl/α,β-unsaturated/α-hetero) is 1. The standard InChI is InChI=1S/C29H26N2O4/c1-29(2)14-22-26(23(32)15-29)27(18-9-11-24-25(13-18)35-16-34-24)31-20-10-8-19(12-21(20)30-22)28(33)17-6-4-3-5-7-17/h3-13,27,30-31H,14-16H2,1-2H3/t27-/m1/s1. The molecule has 0 bridgehead atoms. The van der Waals surface area contributed by atoms with Crippen molar-refractivity contribution < 1.29 is 19.1 Å². The van der Waals surface area contributed by atoms with E-state index in [1.165, 1.54) is 0 Å². The van der Waals surface area contributed by atoms with Gasteiger partial charge in [0.1, 0.15) is 0 Å². The van der Waals surface area contributed by atoms with Gasteiger partial charge in [-0.2, -0.15) is 0 Å². The van der Waals surface area contributed by atoms with Crippen molar-refractivity contribution in [3.05, 3.63) is 94.7 Å². The lowest BCUT2D eigenvalue weighted by Gasteiger charge is -2.34. The Morgan fingerprint density at radius 3 is 2.51 bits per heavy atom. The molecule has 6 heteroatoms. The fraction of sp³-hybridized carbons (Fsp3) is 0.241. The van der Waals surface area contributed by atoms with Crippen molar-refractivity contribution in [3.63, 3.8) is 0 Å². The number of ether oxygens (including phenoxy) is 2. The molecule has 1 atom stereocenters. The molecule has 0 radical (unpaired) electrons. The number of fused-ring (bicyclic) bond motifs is 2. The number of rotatable bonds is 3. The molecule has 0 unspecified atom stereocenters. The lowest BCUT2D eigenvalue weighted by Crippen LogP contribution is -2.31. The third-order valence-electron chi connectivity index (χ3n) is 6.84. The molecule has 35 heavy (non-hydrogen) atoms. The summed E-state index contributed by atoms with van der Waals surface area (Å²) in [6, 6.07) is 20.3. The average molecular weight is 467 g/mol. The maximum atomic E-state index is 13.5. The first kappa shape index (κ1) is 21.5. The van der Waals surface area contributed by atoms with E-state index in [2.05, 4.69) is 24.5 Å². The summed E-state index contributed by atoms with van der Waals surface area (Å²) < 4.78 is 11.1. The van der Waals surface area contributed by atoms with E-state index in [-0.39, 0.29) is 29.8 Å². The van der Waals surface area contributed by atoms with Crippen LogP contribution in [-0.4, -0.2) is 18.4 Å². The van der Waals surface area contributed by atoms with E-state index in [9.17, 15) is 9.59 Å². The highest BCUT2D eigenvalue weighted by Gasteiger charge is 2.39. The van der Waals surface area contributed by atoms with Crippen LogP contribution >= 0.6 is 0 Å². The van der Waals surface area contributed by atoms with Gasteiger partial charge in [-0.1, -0.05) is 50.2 Å². The molecule has 3 aliphatic rings. The van der Waals surface area contributed by atoms with E-state index >= 15 is 0 Å². The Morgan fingerprint density at radius 1 is 0.886 bits per heavy atom. The molecule has 2 N–H and O–H groups in total. The summed E-state index contributed by atoms with van der Waals surface area (Å²) in [5.41, 5.74) is 5.24. The zero-order valence-corrected chi connectivity index (χ0v) is 19.7. The molecule has 0 aromatic heterocycles. The first-order valence-electron chi connectivity index (χ1n) is 11.8. The van der Waals surface area contributed by atoms with Crippen LogP contribution in [0.4, 0.5) is 11.4 Å². The number of carbonyl (C=O) groups is 2. The van der Waals surface area contributed by atoms with Crippen molar-refractivity contribution in [2.24, 2.45) is 5.41 Å². The van der Waals surface area contributed by atoms with E-state index in [0.717, 1.165) is 34.6 Å². The monoisotopic (exact) mass is 466 g/mol. The minimum absolute atomic E-state index is 0.0407. The molecule has 0 saturated heterocycles. The second kappa shape index (κ2) is 8.01. The number of benzene rings is 3. The van der Waals surface area contributed by atoms with Crippen molar-refractivity contribution in [2.45, 2.75) is 32.7 Å². The van der Waals surface area contributed by atoms with Crippen LogP contribution in [0.2, 0.25) is 0 Å². The Labute approximate surface area is 204 Å². The van der Waals surface area contributed by atoms with Crippen LogP contribution in [0.25, 0.3) is 0 Å². The number of hydrogen-bond donors (Lipinski definition) is 2. The summed E-state index contributed by atoms with van der Waals surface area (Å²) in [6.45, 7) is 4.42. The molecule has 6 rings (SSSR count). The maximum Gasteiger partial charge on any atom is 0.231 e.